The molecule has 8 bridgehead atoms. The predicted octanol–water partition coefficient (Wildman–Crippen LogP) is 5.09. The maximum Gasteiger partial charge on any atom is 0.328 e. The van der Waals surface area contributed by atoms with Crippen LogP contribution in [0.1, 0.15) is 45.2 Å². The average molecular weight is 575 g/mol. The van der Waals surface area contributed by atoms with E-state index in [1.807, 2.05) is 39.0 Å². The van der Waals surface area contributed by atoms with Gasteiger partial charge in [-0.15, -0.1) is 0 Å². The number of aliphatic imine (C=N–C) groups is 3. The van der Waals surface area contributed by atoms with Crippen LogP contribution >= 0.6 is 0 Å². The van der Waals surface area contributed by atoms with E-state index in [1.165, 1.54) is 0 Å². The normalized spacial score (nSPS) is 21.1. The first-order valence-corrected chi connectivity index (χ1v) is 14.3. The van der Waals surface area contributed by atoms with Crippen LogP contribution in [-0.4, -0.2) is 52.0 Å². The highest BCUT2D eigenvalue weighted by Crippen LogP contribution is 2.47. The Morgan fingerprint density at radius 3 is 2.44 bits per heavy atom. The Morgan fingerprint density at radius 2 is 1.77 bits per heavy atom. The number of hydrogen-bond donors (Lipinski definition) is 3. The molecule has 0 fully saturated rings. The molecule has 1 aromatic heterocycles. The highest BCUT2D eigenvalue weighted by Gasteiger charge is 2.43. The van der Waals surface area contributed by atoms with E-state index < -0.39 is 11.9 Å². The largest absolute Gasteiger partial charge is 0.511 e. The number of nitrogens with zero attached hydrogens (tertiary/aromatic N) is 3. The molecule has 8 nitrogen and oxygen atoms in total. The Morgan fingerprint density at radius 1 is 1.05 bits per heavy atom. The van der Waals surface area contributed by atoms with Gasteiger partial charge in [0.15, 0.2) is 0 Å². The van der Waals surface area contributed by atoms with Gasteiger partial charge in [-0.2, -0.15) is 0 Å². The van der Waals surface area contributed by atoms with E-state index in [4.69, 9.17) is 19.7 Å². The van der Waals surface area contributed by atoms with Gasteiger partial charge in [-0.1, -0.05) is 19.6 Å². The molecular weight excluding hydrogens is 540 g/mol. The van der Waals surface area contributed by atoms with Crippen molar-refractivity contribution in [1.82, 2.24) is 4.98 Å². The summed E-state index contributed by atoms with van der Waals surface area (Å²) in [7, 11) is 1.59. The highest BCUT2D eigenvalue weighted by atomic mass is 16.5. The van der Waals surface area contributed by atoms with Crippen molar-refractivity contribution in [2.24, 2.45) is 20.9 Å². The molecule has 0 spiro atoms. The Labute approximate surface area is 250 Å². The Kier molecular flexibility index (Phi) is 6.89. The van der Waals surface area contributed by atoms with Crippen LogP contribution < -0.4 is 10.7 Å². The molecule has 0 aromatic carbocycles. The zero-order valence-electron chi connectivity index (χ0n) is 25.2. The number of aliphatic carboxylic acids is 1. The summed E-state index contributed by atoms with van der Waals surface area (Å²) in [5.41, 5.74) is 12.3. The fraction of sp³-hybridized carbons (Fsp3) is 0.257. The van der Waals surface area contributed by atoms with Crippen molar-refractivity contribution in [2.75, 3.05) is 13.7 Å². The maximum absolute atomic E-state index is 11.6. The number of aliphatic hydroxyl groups is 1. The first kappa shape index (κ1) is 28.3. The minimum Gasteiger partial charge on any atom is -0.511 e. The van der Waals surface area contributed by atoms with Crippen LogP contribution in [0.2, 0.25) is 0 Å². The summed E-state index contributed by atoms with van der Waals surface area (Å²) < 4.78 is 5.56. The number of aromatic amines is 1. The first-order valence-electron chi connectivity index (χ1n) is 14.3. The number of hydrogen-bond acceptors (Lipinski definition) is 6. The topological polar surface area (TPSA) is 120 Å². The maximum atomic E-state index is 11.6. The SMILES string of the molecule is C=Cc1c(C)c2[nH]c1=CC1=NC(=CC3=C(C)C4=C(O)[C@H](COC)C(=C5N=C(C=2)C(C)=C5/C=C/C(=O)O)C4=N3)C(CC)=C1C. The molecule has 1 aliphatic carbocycles. The second-order valence-electron chi connectivity index (χ2n) is 11.2. The number of methoxy groups -OCH3 is 1. The number of allylic oxidation sites excluding steroid dienone is 7. The van der Waals surface area contributed by atoms with E-state index in [0.717, 1.165) is 73.7 Å². The molecule has 8 heteroatoms. The summed E-state index contributed by atoms with van der Waals surface area (Å²) in [4.78, 5) is 30.4. The summed E-state index contributed by atoms with van der Waals surface area (Å²) >= 11 is 0. The molecule has 0 saturated carbocycles. The van der Waals surface area contributed by atoms with Gasteiger partial charge in [-0.25, -0.2) is 19.8 Å². The number of aromatic nitrogens is 1. The molecule has 0 radical (unpaired) electrons. The third-order valence-electron chi connectivity index (χ3n) is 8.82. The van der Waals surface area contributed by atoms with E-state index in [-0.39, 0.29) is 12.4 Å². The fourth-order valence-corrected chi connectivity index (χ4v) is 6.49. The standard InChI is InChI=1S/C35H34N4O4/c1-8-20-16(3)24-12-26-18(5)22(10-11-30(40)41)33(38-26)32-23(15-43-7)35(42)31-19(6)27(39-34(31)32)14-29-21(9-2)17(4)25(37-29)13-28(20)36-24/h8,10-14,23,36,42H,1,9,15H2,2-7H3,(H,40,41)/b11-10+,24-12?,28-13?,29-14?,33-32?/t23-/m1/s1. The molecule has 3 N–H and O–H groups in total. The van der Waals surface area contributed by atoms with Crippen LogP contribution in [-0.2, 0) is 9.53 Å². The number of carboxylic acid groups (broad SMARTS) is 1. The number of ether oxygens (including phenoxy) is 1. The molecular formula is C35H34N4O4. The van der Waals surface area contributed by atoms with E-state index in [2.05, 4.69) is 31.5 Å². The number of H-pyrrole nitrogens is 1. The van der Waals surface area contributed by atoms with Crippen molar-refractivity contribution >= 4 is 41.3 Å². The zero-order valence-corrected chi connectivity index (χ0v) is 25.2. The van der Waals surface area contributed by atoms with Gasteiger partial charge in [0.25, 0.3) is 0 Å². The van der Waals surface area contributed by atoms with Gasteiger partial charge < -0.3 is 19.9 Å². The van der Waals surface area contributed by atoms with Crippen LogP contribution in [0.15, 0.2) is 102 Å². The lowest BCUT2D eigenvalue weighted by Crippen LogP contribution is -2.15. The van der Waals surface area contributed by atoms with E-state index >= 15 is 0 Å². The summed E-state index contributed by atoms with van der Waals surface area (Å²) in [5, 5.41) is 22.9. The van der Waals surface area contributed by atoms with Crippen molar-refractivity contribution in [3.8, 4) is 0 Å². The lowest BCUT2D eigenvalue weighted by molar-refractivity contribution is -0.131. The molecule has 5 heterocycles. The molecule has 43 heavy (non-hydrogen) atoms. The summed E-state index contributed by atoms with van der Waals surface area (Å²) in [6.07, 6.45) is 11.4. The second kappa shape index (κ2) is 10.5. The number of rotatable bonds is 6. The molecule has 6 rings (SSSR count). The lowest BCUT2D eigenvalue weighted by Gasteiger charge is -2.15. The van der Waals surface area contributed by atoms with Gasteiger partial charge in [0.2, 0.25) is 0 Å². The van der Waals surface area contributed by atoms with Gasteiger partial charge in [0.1, 0.15) is 5.76 Å². The van der Waals surface area contributed by atoms with Gasteiger partial charge in [-0.05, 0) is 86.3 Å². The summed E-state index contributed by atoms with van der Waals surface area (Å²) in [6, 6.07) is 0. The van der Waals surface area contributed by atoms with Crippen molar-refractivity contribution < 1.29 is 19.7 Å². The van der Waals surface area contributed by atoms with Crippen molar-refractivity contribution in [3.05, 3.63) is 108 Å². The first-order chi connectivity index (χ1) is 20.6. The van der Waals surface area contributed by atoms with Crippen molar-refractivity contribution in [2.45, 2.75) is 41.0 Å². The number of carboxylic acids is 1. The zero-order chi connectivity index (χ0) is 30.7. The number of aliphatic hydroxyl groups excluding tert-OH is 1. The molecule has 5 aliphatic rings. The molecule has 1 atom stereocenters. The third-order valence-corrected chi connectivity index (χ3v) is 8.82. The number of nitrogens with one attached hydrogen (secondary N) is 1. The minimum atomic E-state index is -1.06. The monoisotopic (exact) mass is 574 g/mol. The molecule has 218 valence electrons. The van der Waals surface area contributed by atoms with Gasteiger partial charge >= 0.3 is 5.97 Å². The predicted molar refractivity (Wildman–Crippen MR) is 171 cm³/mol. The fourth-order valence-electron chi connectivity index (χ4n) is 6.49. The van der Waals surface area contributed by atoms with Crippen LogP contribution in [0, 0.1) is 12.8 Å². The van der Waals surface area contributed by atoms with Crippen LogP contribution in [0.4, 0.5) is 0 Å². The van der Waals surface area contributed by atoms with Crippen molar-refractivity contribution in [3.63, 3.8) is 0 Å². The van der Waals surface area contributed by atoms with Crippen LogP contribution in [0.25, 0.3) is 18.2 Å². The Balaban J connectivity index is 1.75. The van der Waals surface area contributed by atoms with E-state index in [9.17, 15) is 15.0 Å². The van der Waals surface area contributed by atoms with Crippen LogP contribution in [0.5, 0.6) is 0 Å². The lowest BCUT2D eigenvalue weighted by atomic mass is 9.94. The van der Waals surface area contributed by atoms with Crippen LogP contribution in [0.3, 0.4) is 0 Å². The molecule has 0 unspecified atom stereocenters. The molecule has 0 saturated heterocycles. The van der Waals surface area contributed by atoms with E-state index in [1.54, 1.807) is 13.2 Å². The van der Waals surface area contributed by atoms with Gasteiger partial charge in [-0.3, -0.25) is 0 Å². The number of fused-ring (bicyclic) bond motifs is 5. The van der Waals surface area contributed by atoms with Gasteiger partial charge in [0, 0.05) is 46.2 Å². The smallest absolute Gasteiger partial charge is 0.328 e. The Hall–Kier alpha value is -4.82. The summed E-state index contributed by atoms with van der Waals surface area (Å²) in [6.45, 7) is 14.4. The minimum absolute atomic E-state index is 0.175. The Bertz CT molecular complexity index is 1990. The molecule has 1 aromatic rings. The molecule has 4 aliphatic heterocycles. The van der Waals surface area contributed by atoms with Gasteiger partial charge in [0.05, 0.1) is 46.8 Å². The highest BCUT2D eigenvalue weighted by molar-refractivity contribution is 6.26. The second-order valence-corrected chi connectivity index (χ2v) is 11.2. The van der Waals surface area contributed by atoms with Crippen molar-refractivity contribution in [1.29, 1.82) is 0 Å². The third kappa shape index (κ3) is 4.32. The quantitative estimate of drug-likeness (QED) is 0.410. The summed E-state index contributed by atoms with van der Waals surface area (Å²) in [5.74, 6) is -1.39. The molecule has 0 amide bonds. The average Bonchev–Trinajstić information content (AvgIpc) is 3.70. The number of carbonyl (C=O) groups is 1. The van der Waals surface area contributed by atoms with E-state index in [0.29, 0.717) is 33.8 Å².